The van der Waals surface area contributed by atoms with Crippen molar-refractivity contribution in [3.63, 3.8) is 0 Å². The summed E-state index contributed by atoms with van der Waals surface area (Å²) >= 11 is 0. The summed E-state index contributed by atoms with van der Waals surface area (Å²) in [6.07, 6.45) is -15.1. The standard InChI is InChI=1S/C14H26O11/c1-23-14-10(20)6(7(17)4(2-15)25-14)9(19)13-12(22)11(21)8(18)5(3-16)24-13/h4-22H,2-3H2,1H3/t4-,5-,6-,7-,8-,9-,10+,11+,12+,13-,14+/m1/s1. The molecule has 2 fully saturated rings. The minimum absolute atomic E-state index is 0.619. The van der Waals surface area contributed by atoms with Gasteiger partial charge in [0.05, 0.1) is 25.4 Å². The highest BCUT2D eigenvalue weighted by atomic mass is 16.7. The third-order valence-corrected chi connectivity index (χ3v) is 4.83. The fourth-order valence-electron chi connectivity index (χ4n) is 3.35. The highest BCUT2D eigenvalue weighted by molar-refractivity contribution is 5.01. The fourth-order valence-corrected chi connectivity index (χ4v) is 3.35. The highest BCUT2D eigenvalue weighted by Gasteiger charge is 2.54. The first-order valence-electron chi connectivity index (χ1n) is 7.92. The Morgan fingerprint density at radius 3 is 1.88 bits per heavy atom. The first-order valence-corrected chi connectivity index (χ1v) is 7.92. The molecule has 8 N–H and O–H groups in total. The average molecular weight is 370 g/mol. The van der Waals surface area contributed by atoms with Crippen molar-refractivity contribution in [1.29, 1.82) is 0 Å². The van der Waals surface area contributed by atoms with Crippen LogP contribution in [0.5, 0.6) is 0 Å². The van der Waals surface area contributed by atoms with Crippen LogP contribution in [0.3, 0.4) is 0 Å². The van der Waals surface area contributed by atoms with Crippen molar-refractivity contribution in [3.05, 3.63) is 0 Å². The van der Waals surface area contributed by atoms with Gasteiger partial charge in [-0.25, -0.2) is 0 Å². The van der Waals surface area contributed by atoms with Crippen LogP contribution in [0.2, 0.25) is 0 Å². The lowest BCUT2D eigenvalue weighted by Gasteiger charge is -2.48. The maximum atomic E-state index is 10.6. The molecule has 11 heteroatoms. The van der Waals surface area contributed by atoms with Gasteiger partial charge >= 0.3 is 0 Å². The van der Waals surface area contributed by atoms with Crippen molar-refractivity contribution in [2.24, 2.45) is 5.92 Å². The van der Waals surface area contributed by atoms with E-state index >= 15 is 0 Å². The first-order chi connectivity index (χ1) is 11.8. The lowest BCUT2D eigenvalue weighted by molar-refractivity contribution is -0.312. The minimum Gasteiger partial charge on any atom is -0.394 e. The molecule has 2 heterocycles. The molecule has 0 spiro atoms. The number of methoxy groups -OCH3 is 1. The van der Waals surface area contributed by atoms with Crippen LogP contribution >= 0.6 is 0 Å². The Labute approximate surface area is 143 Å². The van der Waals surface area contributed by atoms with E-state index in [9.17, 15) is 40.9 Å². The Morgan fingerprint density at radius 2 is 1.36 bits per heavy atom. The maximum absolute atomic E-state index is 10.6. The van der Waals surface area contributed by atoms with Gasteiger partial charge in [-0.05, 0) is 0 Å². The van der Waals surface area contributed by atoms with E-state index in [4.69, 9.17) is 14.2 Å². The van der Waals surface area contributed by atoms with Gasteiger partial charge in [-0.2, -0.15) is 0 Å². The van der Waals surface area contributed by atoms with Crippen LogP contribution in [0, 0.1) is 5.92 Å². The molecule has 11 nitrogen and oxygen atoms in total. The van der Waals surface area contributed by atoms with Gasteiger partial charge in [-0.3, -0.25) is 0 Å². The largest absolute Gasteiger partial charge is 0.394 e. The van der Waals surface area contributed by atoms with Gasteiger partial charge in [0.1, 0.15) is 42.7 Å². The van der Waals surface area contributed by atoms with E-state index in [1.165, 1.54) is 7.11 Å². The van der Waals surface area contributed by atoms with E-state index in [0.29, 0.717) is 0 Å². The molecule has 0 aromatic rings. The summed E-state index contributed by atoms with van der Waals surface area (Å²) in [6.45, 7) is -1.31. The van der Waals surface area contributed by atoms with Crippen molar-refractivity contribution in [1.82, 2.24) is 0 Å². The van der Waals surface area contributed by atoms with Crippen LogP contribution < -0.4 is 0 Å². The van der Waals surface area contributed by atoms with E-state index in [-0.39, 0.29) is 0 Å². The molecular formula is C14H26O11. The van der Waals surface area contributed by atoms with Gasteiger partial charge in [-0.1, -0.05) is 0 Å². The van der Waals surface area contributed by atoms with Crippen molar-refractivity contribution in [3.8, 4) is 0 Å². The van der Waals surface area contributed by atoms with Crippen molar-refractivity contribution < 1.29 is 55.1 Å². The number of ether oxygens (including phenoxy) is 3. The van der Waals surface area contributed by atoms with Gasteiger partial charge in [-0.15, -0.1) is 0 Å². The van der Waals surface area contributed by atoms with Crippen molar-refractivity contribution in [2.75, 3.05) is 20.3 Å². The quantitative estimate of drug-likeness (QED) is 0.231. The summed E-state index contributed by atoms with van der Waals surface area (Å²) in [7, 11) is 1.22. The SMILES string of the molecule is CO[C@H]1O[C@H](CO)[C@@H](O)[C@H]([C@@H](O)[C@H]2O[C@H](CO)[C@@H](O)[C@H](O)[C@@H]2O)[C@@H]1O. The summed E-state index contributed by atoms with van der Waals surface area (Å²) in [5.74, 6) is -1.36. The zero-order chi connectivity index (χ0) is 18.9. The predicted molar refractivity (Wildman–Crippen MR) is 78.0 cm³/mol. The lowest BCUT2D eigenvalue weighted by Crippen LogP contribution is -2.67. The van der Waals surface area contributed by atoms with Crippen LogP contribution in [0.15, 0.2) is 0 Å². The van der Waals surface area contributed by atoms with Crippen LogP contribution in [0.25, 0.3) is 0 Å². The third kappa shape index (κ3) is 3.82. The van der Waals surface area contributed by atoms with Crippen LogP contribution in [-0.4, -0.2) is 122 Å². The second kappa shape index (κ2) is 8.50. The van der Waals surface area contributed by atoms with Crippen LogP contribution in [-0.2, 0) is 14.2 Å². The molecule has 0 bridgehead atoms. The summed E-state index contributed by atoms with van der Waals surface area (Å²) in [4.78, 5) is 0. The molecule has 2 saturated heterocycles. The minimum atomic E-state index is -1.75. The van der Waals surface area contributed by atoms with Crippen LogP contribution in [0.4, 0.5) is 0 Å². The molecule has 0 radical (unpaired) electrons. The molecule has 0 aromatic carbocycles. The highest BCUT2D eigenvalue weighted by Crippen LogP contribution is 2.34. The molecule has 0 aromatic heterocycles. The molecule has 0 saturated carbocycles. The predicted octanol–water partition coefficient (Wildman–Crippen LogP) is -5.11. The van der Waals surface area contributed by atoms with E-state index < -0.39 is 80.4 Å². The Balaban J connectivity index is 2.24. The molecule has 25 heavy (non-hydrogen) atoms. The Bertz CT molecular complexity index is 406. The molecule has 0 amide bonds. The van der Waals surface area contributed by atoms with E-state index in [1.807, 2.05) is 0 Å². The van der Waals surface area contributed by atoms with Gasteiger partial charge in [0.2, 0.25) is 0 Å². The summed E-state index contributed by atoms with van der Waals surface area (Å²) in [6, 6.07) is 0. The smallest absolute Gasteiger partial charge is 0.184 e. The van der Waals surface area contributed by atoms with Crippen LogP contribution in [0.1, 0.15) is 0 Å². The third-order valence-electron chi connectivity index (χ3n) is 4.83. The average Bonchev–Trinajstić information content (AvgIpc) is 2.60. The number of rotatable bonds is 5. The molecule has 0 unspecified atom stereocenters. The number of hydrogen-bond donors (Lipinski definition) is 8. The molecule has 11 atom stereocenters. The number of aliphatic hydroxyl groups excluding tert-OH is 8. The zero-order valence-corrected chi connectivity index (χ0v) is 13.6. The van der Waals surface area contributed by atoms with Crippen molar-refractivity contribution >= 4 is 0 Å². The number of hydrogen-bond acceptors (Lipinski definition) is 11. The maximum Gasteiger partial charge on any atom is 0.184 e. The molecule has 148 valence electrons. The van der Waals surface area contributed by atoms with Gasteiger partial charge in [0.25, 0.3) is 0 Å². The monoisotopic (exact) mass is 370 g/mol. The summed E-state index contributed by atoms with van der Waals surface area (Å²) in [5, 5.41) is 79.4. The van der Waals surface area contributed by atoms with Gasteiger partial charge in [0, 0.05) is 13.0 Å². The second-order valence-corrected chi connectivity index (χ2v) is 6.30. The molecule has 2 aliphatic heterocycles. The number of aliphatic hydroxyl groups is 8. The Morgan fingerprint density at radius 1 is 0.800 bits per heavy atom. The van der Waals surface area contributed by atoms with E-state index in [0.717, 1.165) is 0 Å². The van der Waals surface area contributed by atoms with Crippen molar-refractivity contribution in [2.45, 2.75) is 61.2 Å². The summed E-state index contributed by atoms with van der Waals surface area (Å²) < 4.78 is 15.3. The normalized spacial score (nSPS) is 49.8. The zero-order valence-electron chi connectivity index (χ0n) is 13.6. The van der Waals surface area contributed by atoms with Gasteiger partial charge in [0.15, 0.2) is 6.29 Å². The van der Waals surface area contributed by atoms with E-state index in [2.05, 4.69) is 0 Å². The fraction of sp³-hybridized carbons (Fsp3) is 1.00. The first kappa shape index (κ1) is 20.9. The molecular weight excluding hydrogens is 344 g/mol. The summed E-state index contributed by atoms with van der Waals surface area (Å²) in [5.41, 5.74) is 0. The second-order valence-electron chi connectivity index (χ2n) is 6.30. The van der Waals surface area contributed by atoms with Gasteiger partial charge < -0.3 is 55.1 Å². The molecule has 0 aliphatic carbocycles. The van der Waals surface area contributed by atoms with E-state index in [1.54, 1.807) is 0 Å². The Kier molecular flexibility index (Phi) is 7.09. The Hall–Kier alpha value is -0.440. The molecule has 2 aliphatic rings. The lowest BCUT2D eigenvalue weighted by atomic mass is 9.79. The topological polar surface area (TPSA) is 190 Å². The molecule has 2 rings (SSSR count).